The third-order valence-corrected chi connectivity index (χ3v) is 5.02. The van der Waals surface area contributed by atoms with Crippen molar-refractivity contribution in [3.63, 3.8) is 0 Å². The Hall–Kier alpha value is -2.59. The minimum atomic E-state index is 0.186. The maximum atomic E-state index is 6.15. The van der Waals surface area contributed by atoms with Crippen molar-refractivity contribution >= 4 is 23.5 Å². The molecule has 0 bridgehead atoms. The second-order valence-corrected chi connectivity index (χ2v) is 7.17. The van der Waals surface area contributed by atoms with Gasteiger partial charge in [-0.1, -0.05) is 35.4 Å². The fraction of sp³-hybridized carbons (Fsp3) is 0.273. The van der Waals surface area contributed by atoms with Crippen LogP contribution in [0.1, 0.15) is 43.9 Å². The summed E-state index contributed by atoms with van der Waals surface area (Å²) in [5.41, 5.74) is 5.77. The van der Waals surface area contributed by atoms with Gasteiger partial charge in [0.15, 0.2) is 0 Å². The lowest BCUT2D eigenvalue weighted by Crippen LogP contribution is -2.18. The molecule has 2 N–H and O–H groups in total. The molecule has 4 nitrogen and oxygen atoms in total. The molecule has 0 fully saturated rings. The smallest absolute Gasteiger partial charge is 0.0578 e. The van der Waals surface area contributed by atoms with Gasteiger partial charge >= 0.3 is 0 Å². The number of aromatic nitrogens is 1. The summed E-state index contributed by atoms with van der Waals surface area (Å²) >= 11 is 6.15. The van der Waals surface area contributed by atoms with E-state index in [2.05, 4.69) is 64.8 Å². The summed E-state index contributed by atoms with van der Waals surface area (Å²) in [4.78, 5) is 8.47. The van der Waals surface area contributed by atoms with Gasteiger partial charge in [-0.15, -0.1) is 0 Å². The van der Waals surface area contributed by atoms with Crippen LogP contribution >= 0.6 is 11.6 Å². The maximum absolute atomic E-state index is 6.15. The van der Waals surface area contributed by atoms with Crippen LogP contribution in [-0.2, 0) is 6.54 Å². The van der Waals surface area contributed by atoms with Crippen molar-refractivity contribution in [2.75, 3.05) is 5.32 Å². The molecule has 0 amide bonds. The lowest BCUT2D eigenvalue weighted by molar-refractivity contribution is 0.624. The van der Waals surface area contributed by atoms with Crippen LogP contribution in [0.3, 0.4) is 0 Å². The Balaban J connectivity index is 1.62. The van der Waals surface area contributed by atoms with E-state index < -0.39 is 0 Å². The first kappa shape index (κ1) is 19.2. The molecule has 2 heterocycles. The van der Waals surface area contributed by atoms with E-state index in [9.17, 15) is 0 Å². The molecule has 1 aromatic heterocycles. The van der Waals surface area contributed by atoms with Gasteiger partial charge in [-0.3, -0.25) is 9.98 Å². The van der Waals surface area contributed by atoms with Crippen molar-refractivity contribution in [1.82, 2.24) is 10.3 Å². The Morgan fingerprint density at radius 1 is 1.19 bits per heavy atom. The van der Waals surface area contributed by atoms with Crippen molar-refractivity contribution in [1.29, 1.82) is 0 Å². The van der Waals surface area contributed by atoms with Crippen LogP contribution in [0.4, 0.5) is 5.69 Å². The number of allylic oxidation sites excluding steroid dienone is 3. The second-order valence-electron chi connectivity index (χ2n) is 6.77. The predicted molar refractivity (Wildman–Crippen MR) is 114 cm³/mol. The number of hydrogen-bond acceptors (Lipinski definition) is 4. The van der Waals surface area contributed by atoms with Crippen LogP contribution in [0.25, 0.3) is 0 Å². The van der Waals surface area contributed by atoms with E-state index in [1.807, 2.05) is 18.5 Å². The molecule has 1 aliphatic rings. The average Bonchev–Trinajstić information content (AvgIpc) is 2.70. The van der Waals surface area contributed by atoms with E-state index in [1.54, 1.807) is 12.4 Å². The van der Waals surface area contributed by atoms with Crippen LogP contribution in [0.15, 0.2) is 76.3 Å². The first-order valence-electron chi connectivity index (χ1n) is 9.18. The Kier molecular flexibility index (Phi) is 6.66. The zero-order valence-electron chi connectivity index (χ0n) is 15.7. The predicted octanol–water partition coefficient (Wildman–Crippen LogP) is 5.56. The van der Waals surface area contributed by atoms with Crippen LogP contribution < -0.4 is 10.6 Å². The first-order chi connectivity index (χ1) is 13.1. The van der Waals surface area contributed by atoms with Gasteiger partial charge in [0.05, 0.1) is 5.03 Å². The molecule has 0 saturated heterocycles. The quantitative estimate of drug-likeness (QED) is 0.689. The van der Waals surface area contributed by atoms with Gasteiger partial charge in [0.1, 0.15) is 0 Å². The molecule has 0 saturated carbocycles. The normalized spacial score (nSPS) is 21.4. The Bertz CT molecular complexity index is 856. The number of anilines is 1. The number of halogens is 1. The summed E-state index contributed by atoms with van der Waals surface area (Å²) in [7, 11) is 0. The van der Waals surface area contributed by atoms with Gasteiger partial charge in [-0.05, 0) is 56.0 Å². The Morgan fingerprint density at radius 2 is 2.07 bits per heavy atom. The van der Waals surface area contributed by atoms with E-state index in [4.69, 9.17) is 11.6 Å². The lowest BCUT2D eigenvalue weighted by Gasteiger charge is -2.20. The molecule has 0 radical (unpaired) electrons. The minimum Gasteiger partial charge on any atom is -0.381 e. The minimum absolute atomic E-state index is 0.186. The van der Waals surface area contributed by atoms with Gasteiger partial charge in [0.25, 0.3) is 0 Å². The van der Waals surface area contributed by atoms with Gasteiger partial charge in [0, 0.05) is 48.8 Å². The third-order valence-electron chi connectivity index (χ3n) is 4.60. The molecule has 1 aromatic carbocycles. The highest BCUT2D eigenvalue weighted by molar-refractivity contribution is 6.39. The van der Waals surface area contributed by atoms with Gasteiger partial charge in [-0.2, -0.15) is 0 Å². The molecule has 5 heteroatoms. The molecule has 0 unspecified atom stereocenters. The summed E-state index contributed by atoms with van der Waals surface area (Å²) in [5.74, 6) is 0. The van der Waals surface area contributed by atoms with Gasteiger partial charge in [-0.25, -0.2) is 0 Å². The number of nitrogens with zero attached hydrogens (tertiary/aromatic N) is 2. The largest absolute Gasteiger partial charge is 0.381 e. The lowest BCUT2D eigenvalue weighted by atomic mass is 10.1. The fourth-order valence-corrected chi connectivity index (χ4v) is 3.06. The van der Waals surface area contributed by atoms with Crippen molar-refractivity contribution in [3.05, 3.63) is 82.4 Å². The number of benzene rings is 1. The molecule has 1 atom stereocenters. The third kappa shape index (κ3) is 5.69. The van der Waals surface area contributed by atoms with Gasteiger partial charge in [0.2, 0.25) is 0 Å². The molecule has 0 aliphatic carbocycles. The first-order valence-corrected chi connectivity index (χ1v) is 9.56. The highest BCUT2D eigenvalue weighted by Crippen LogP contribution is 2.22. The number of nitrogens with one attached hydrogen (secondary N) is 2. The molecule has 3 rings (SSSR count). The summed E-state index contributed by atoms with van der Waals surface area (Å²) in [6.07, 6.45) is 9.09. The molecule has 27 heavy (non-hydrogen) atoms. The van der Waals surface area contributed by atoms with E-state index in [1.165, 1.54) is 11.1 Å². The maximum Gasteiger partial charge on any atom is 0.0578 e. The Labute approximate surface area is 166 Å². The van der Waals surface area contributed by atoms with Crippen molar-refractivity contribution in [2.24, 2.45) is 4.99 Å². The van der Waals surface area contributed by atoms with Crippen molar-refractivity contribution in [2.45, 2.75) is 39.3 Å². The highest BCUT2D eigenvalue weighted by atomic mass is 35.5. The Morgan fingerprint density at radius 3 is 2.89 bits per heavy atom. The monoisotopic (exact) mass is 380 g/mol. The van der Waals surface area contributed by atoms with E-state index >= 15 is 0 Å². The molecule has 2 aromatic rings. The van der Waals surface area contributed by atoms with E-state index in [0.717, 1.165) is 41.4 Å². The van der Waals surface area contributed by atoms with E-state index in [-0.39, 0.29) is 6.04 Å². The number of aliphatic imine (C=N–C) groups is 1. The van der Waals surface area contributed by atoms with Crippen molar-refractivity contribution < 1.29 is 0 Å². The highest BCUT2D eigenvalue weighted by Gasteiger charge is 2.10. The number of rotatable bonds is 6. The van der Waals surface area contributed by atoms with Crippen LogP contribution in [0, 0.1) is 0 Å². The average molecular weight is 381 g/mol. The zero-order valence-corrected chi connectivity index (χ0v) is 16.5. The topological polar surface area (TPSA) is 49.3 Å². The molecule has 0 spiro atoms. The van der Waals surface area contributed by atoms with Crippen molar-refractivity contribution in [3.8, 4) is 0 Å². The summed E-state index contributed by atoms with van der Waals surface area (Å²) in [6, 6.07) is 12.7. The number of pyridine rings is 1. The molecule has 140 valence electrons. The number of hydrogen-bond donors (Lipinski definition) is 2. The summed E-state index contributed by atoms with van der Waals surface area (Å²) in [6.45, 7) is 4.97. The molecular weight excluding hydrogens is 356 g/mol. The van der Waals surface area contributed by atoms with E-state index in [0.29, 0.717) is 0 Å². The fourth-order valence-electron chi connectivity index (χ4n) is 2.90. The summed E-state index contributed by atoms with van der Waals surface area (Å²) in [5, 5.41) is 7.79. The van der Waals surface area contributed by atoms with Gasteiger partial charge < -0.3 is 10.6 Å². The van der Waals surface area contributed by atoms with Crippen LogP contribution in [-0.4, -0.2) is 11.2 Å². The zero-order chi connectivity index (χ0) is 19.1. The molecule has 1 aliphatic heterocycles. The SMILES string of the molecule is C\C1=C(Cl)/C=N\C=C(\N[C@@H](C)c2cccc(NCc3cccnc3)c2)CC1. The molecular formula is C22H25ClN4. The van der Waals surface area contributed by atoms with Crippen LogP contribution in [0.5, 0.6) is 0 Å². The standard InChI is InChI=1S/C22H25ClN4/c1-16-8-9-21(14-25-15-22(16)23)27-17(2)19-6-3-7-20(11-19)26-13-18-5-4-10-24-12-18/h3-7,10-12,14-15,17,26-27H,8-9,13H2,1-2H3/b21-14+,22-16-,25-15-/t17-/m0/s1. The van der Waals surface area contributed by atoms with Crippen LogP contribution in [0.2, 0.25) is 0 Å². The summed E-state index contributed by atoms with van der Waals surface area (Å²) < 4.78 is 0. The second kappa shape index (κ2) is 9.38.